The smallest absolute Gasteiger partial charge is 0.163 e. The normalized spacial score (nSPS) is 12.9. The maximum atomic E-state index is 5.26. The minimum atomic E-state index is -0.249. The molecule has 0 spiro atoms. The van der Waals surface area contributed by atoms with Crippen LogP contribution in [0.25, 0.3) is 0 Å². The first kappa shape index (κ1) is 17.5. The standard InChI is InChI=1S/C19H24N4O/c1-5-15(3)23-19(17-8-6-7-11-20-17)22-13-21-18-12-16(24-4)10-9-14(18)2/h5-13,19,23H,1-4H3,(H,21,22)/b15-5-. The molecule has 1 atom stereocenters. The molecule has 0 bridgehead atoms. The zero-order chi connectivity index (χ0) is 17.4. The number of benzene rings is 1. The Kier molecular flexibility index (Phi) is 6.37. The lowest BCUT2D eigenvalue weighted by molar-refractivity contribution is 0.415. The summed E-state index contributed by atoms with van der Waals surface area (Å²) in [6, 6.07) is 11.7. The quantitative estimate of drug-likeness (QED) is 0.596. The van der Waals surface area contributed by atoms with Crippen LogP contribution in [-0.2, 0) is 0 Å². The van der Waals surface area contributed by atoms with Crippen LogP contribution >= 0.6 is 0 Å². The highest BCUT2D eigenvalue weighted by molar-refractivity contribution is 5.78. The molecule has 0 amide bonds. The van der Waals surface area contributed by atoms with Gasteiger partial charge in [-0.1, -0.05) is 18.2 Å². The van der Waals surface area contributed by atoms with Crippen molar-refractivity contribution in [3.05, 3.63) is 65.6 Å². The summed E-state index contributed by atoms with van der Waals surface area (Å²) in [5.41, 5.74) is 3.98. The number of aryl methyl sites for hydroxylation is 1. The molecule has 5 heteroatoms. The van der Waals surface area contributed by atoms with Crippen molar-refractivity contribution < 1.29 is 4.74 Å². The fraction of sp³-hybridized carbons (Fsp3) is 0.263. The highest BCUT2D eigenvalue weighted by Gasteiger charge is 2.09. The van der Waals surface area contributed by atoms with E-state index in [1.807, 2.05) is 63.2 Å². The Hall–Kier alpha value is -2.82. The highest BCUT2D eigenvalue weighted by Crippen LogP contribution is 2.21. The molecule has 1 heterocycles. The number of aromatic nitrogens is 1. The predicted molar refractivity (Wildman–Crippen MR) is 99.4 cm³/mol. The summed E-state index contributed by atoms with van der Waals surface area (Å²) in [6.45, 7) is 6.03. The van der Waals surface area contributed by atoms with E-state index in [4.69, 9.17) is 4.74 Å². The Morgan fingerprint density at radius 2 is 2.12 bits per heavy atom. The molecule has 0 aliphatic rings. The van der Waals surface area contributed by atoms with Gasteiger partial charge in [0, 0.05) is 23.6 Å². The fourth-order valence-corrected chi connectivity index (χ4v) is 2.09. The van der Waals surface area contributed by atoms with E-state index in [9.17, 15) is 0 Å². The summed E-state index contributed by atoms with van der Waals surface area (Å²) in [7, 11) is 1.66. The highest BCUT2D eigenvalue weighted by atomic mass is 16.5. The van der Waals surface area contributed by atoms with Crippen molar-refractivity contribution in [3.8, 4) is 5.75 Å². The van der Waals surface area contributed by atoms with Crippen LogP contribution in [-0.4, -0.2) is 18.4 Å². The summed E-state index contributed by atoms with van der Waals surface area (Å²) < 4.78 is 5.26. The molecule has 0 saturated carbocycles. The number of pyridine rings is 1. The molecule has 0 fully saturated rings. The summed E-state index contributed by atoms with van der Waals surface area (Å²) >= 11 is 0. The Bertz CT molecular complexity index is 711. The largest absolute Gasteiger partial charge is 0.497 e. The number of rotatable bonds is 7. The van der Waals surface area contributed by atoms with Crippen LogP contribution in [0.5, 0.6) is 5.75 Å². The monoisotopic (exact) mass is 324 g/mol. The fourth-order valence-electron chi connectivity index (χ4n) is 2.09. The van der Waals surface area contributed by atoms with E-state index in [0.29, 0.717) is 0 Å². The van der Waals surface area contributed by atoms with Gasteiger partial charge >= 0.3 is 0 Å². The third-order valence-electron chi connectivity index (χ3n) is 3.65. The molecule has 0 radical (unpaired) electrons. The molecule has 0 aliphatic carbocycles. The molecule has 2 rings (SSSR count). The second-order valence-electron chi connectivity index (χ2n) is 5.38. The number of ether oxygens (including phenoxy) is 1. The van der Waals surface area contributed by atoms with Crippen LogP contribution in [0.3, 0.4) is 0 Å². The molecule has 1 unspecified atom stereocenters. The minimum Gasteiger partial charge on any atom is -0.497 e. The molecular weight excluding hydrogens is 300 g/mol. The Morgan fingerprint density at radius 1 is 1.29 bits per heavy atom. The molecule has 126 valence electrons. The van der Waals surface area contributed by atoms with E-state index >= 15 is 0 Å². The second kappa shape index (κ2) is 8.72. The summed E-state index contributed by atoms with van der Waals surface area (Å²) in [6.07, 6.45) is 5.22. The third-order valence-corrected chi connectivity index (χ3v) is 3.65. The van der Waals surface area contributed by atoms with E-state index in [1.165, 1.54) is 0 Å². The van der Waals surface area contributed by atoms with E-state index in [0.717, 1.165) is 28.4 Å². The van der Waals surface area contributed by atoms with Crippen LogP contribution in [0.2, 0.25) is 0 Å². The molecule has 1 aromatic heterocycles. The third kappa shape index (κ3) is 4.84. The number of methoxy groups -OCH3 is 1. The summed E-state index contributed by atoms with van der Waals surface area (Å²) in [5.74, 6) is 0.806. The molecule has 0 aliphatic heterocycles. The number of nitrogens with one attached hydrogen (secondary N) is 2. The van der Waals surface area contributed by atoms with Crippen LogP contribution in [0.4, 0.5) is 5.69 Å². The lowest BCUT2D eigenvalue weighted by Crippen LogP contribution is -2.19. The molecule has 2 N–H and O–H groups in total. The first-order valence-corrected chi connectivity index (χ1v) is 7.87. The first-order chi connectivity index (χ1) is 11.6. The lowest BCUT2D eigenvalue weighted by Gasteiger charge is -2.16. The van der Waals surface area contributed by atoms with Gasteiger partial charge in [0.2, 0.25) is 0 Å². The van der Waals surface area contributed by atoms with Gasteiger partial charge in [-0.25, -0.2) is 4.99 Å². The molecular formula is C19H24N4O. The van der Waals surface area contributed by atoms with Crippen LogP contribution < -0.4 is 15.4 Å². The van der Waals surface area contributed by atoms with Crippen molar-refractivity contribution in [1.82, 2.24) is 10.3 Å². The van der Waals surface area contributed by atoms with Crippen molar-refractivity contribution in [2.24, 2.45) is 4.99 Å². The molecule has 1 aromatic carbocycles. The zero-order valence-corrected chi connectivity index (χ0v) is 14.6. The summed E-state index contributed by atoms with van der Waals surface area (Å²) in [5, 5.41) is 6.56. The van der Waals surface area contributed by atoms with E-state index < -0.39 is 0 Å². The Balaban J connectivity index is 2.15. The number of aliphatic imine (C=N–C) groups is 1. The van der Waals surface area contributed by atoms with Crippen molar-refractivity contribution in [2.75, 3.05) is 12.4 Å². The molecule has 2 aromatic rings. The van der Waals surface area contributed by atoms with Gasteiger partial charge in [-0.05, 0) is 44.5 Å². The number of allylic oxidation sites excluding steroid dienone is 2. The van der Waals surface area contributed by atoms with Gasteiger partial charge in [0.15, 0.2) is 6.17 Å². The topological polar surface area (TPSA) is 58.5 Å². The lowest BCUT2D eigenvalue weighted by atomic mass is 10.2. The Labute approximate surface area is 143 Å². The van der Waals surface area contributed by atoms with Gasteiger partial charge in [-0.3, -0.25) is 4.98 Å². The average Bonchev–Trinajstić information content (AvgIpc) is 2.62. The van der Waals surface area contributed by atoms with Crippen LogP contribution in [0.15, 0.2) is 59.4 Å². The van der Waals surface area contributed by atoms with Gasteiger partial charge < -0.3 is 15.4 Å². The van der Waals surface area contributed by atoms with Crippen molar-refractivity contribution >= 4 is 12.0 Å². The molecule has 5 nitrogen and oxygen atoms in total. The van der Waals surface area contributed by atoms with Gasteiger partial charge in [-0.15, -0.1) is 0 Å². The van der Waals surface area contributed by atoms with Gasteiger partial charge in [0.05, 0.1) is 19.1 Å². The Morgan fingerprint density at radius 3 is 2.79 bits per heavy atom. The average molecular weight is 324 g/mol. The SMILES string of the molecule is C/C=C(/C)NC(/N=C/Nc1cc(OC)ccc1C)c1ccccn1. The number of hydrogen-bond donors (Lipinski definition) is 2. The van der Waals surface area contributed by atoms with E-state index in [2.05, 4.69) is 20.6 Å². The molecule has 0 saturated heterocycles. The second-order valence-corrected chi connectivity index (χ2v) is 5.38. The minimum absolute atomic E-state index is 0.249. The number of nitrogens with zero attached hydrogens (tertiary/aromatic N) is 2. The van der Waals surface area contributed by atoms with Gasteiger partial charge in [-0.2, -0.15) is 0 Å². The van der Waals surface area contributed by atoms with Gasteiger partial charge in [0.25, 0.3) is 0 Å². The van der Waals surface area contributed by atoms with Crippen molar-refractivity contribution in [2.45, 2.75) is 26.9 Å². The first-order valence-electron chi connectivity index (χ1n) is 7.87. The van der Waals surface area contributed by atoms with Crippen molar-refractivity contribution in [1.29, 1.82) is 0 Å². The van der Waals surface area contributed by atoms with Crippen molar-refractivity contribution in [3.63, 3.8) is 0 Å². The maximum absolute atomic E-state index is 5.26. The predicted octanol–water partition coefficient (Wildman–Crippen LogP) is 4.05. The number of anilines is 1. The van der Waals surface area contributed by atoms with Crippen LogP contribution in [0.1, 0.15) is 31.3 Å². The van der Waals surface area contributed by atoms with Gasteiger partial charge in [0.1, 0.15) is 5.75 Å². The van der Waals surface area contributed by atoms with E-state index in [1.54, 1.807) is 19.6 Å². The maximum Gasteiger partial charge on any atom is 0.163 e. The zero-order valence-electron chi connectivity index (χ0n) is 14.6. The van der Waals surface area contributed by atoms with E-state index in [-0.39, 0.29) is 6.17 Å². The van der Waals surface area contributed by atoms with Crippen LogP contribution in [0, 0.1) is 6.92 Å². The molecule has 24 heavy (non-hydrogen) atoms. The summed E-state index contributed by atoms with van der Waals surface area (Å²) in [4.78, 5) is 8.97. The number of hydrogen-bond acceptors (Lipinski definition) is 4.